The lowest BCUT2D eigenvalue weighted by Gasteiger charge is -2.16. The molecular formula is C13H17NO3. The third-order valence-corrected chi connectivity index (χ3v) is 2.55. The fourth-order valence-corrected chi connectivity index (χ4v) is 1.64. The molecule has 0 heterocycles. The smallest absolute Gasteiger partial charge is 0.328 e. The van der Waals surface area contributed by atoms with Crippen LogP contribution >= 0.6 is 0 Å². The van der Waals surface area contributed by atoms with E-state index in [4.69, 9.17) is 0 Å². The Morgan fingerprint density at radius 3 is 2.53 bits per heavy atom. The van der Waals surface area contributed by atoms with Crippen LogP contribution in [0.15, 0.2) is 24.3 Å². The largest absolute Gasteiger partial charge is 0.467 e. The van der Waals surface area contributed by atoms with Crippen LogP contribution in [0.5, 0.6) is 0 Å². The number of carbonyl (C=O) groups excluding carboxylic acids is 2. The third kappa shape index (κ3) is 3.90. The average molecular weight is 235 g/mol. The molecule has 4 nitrogen and oxygen atoms in total. The number of aryl methyl sites for hydroxylation is 1. The number of carbonyl (C=O) groups is 2. The van der Waals surface area contributed by atoms with E-state index >= 15 is 0 Å². The van der Waals surface area contributed by atoms with Gasteiger partial charge in [0.05, 0.1) is 7.11 Å². The highest BCUT2D eigenvalue weighted by atomic mass is 16.5. The zero-order chi connectivity index (χ0) is 12.8. The van der Waals surface area contributed by atoms with Crippen LogP contribution in [0.4, 0.5) is 0 Å². The molecule has 0 aromatic heterocycles. The molecule has 0 aliphatic heterocycles. The maximum atomic E-state index is 11.5. The van der Waals surface area contributed by atoms with Gasteiger partial charge in [-0.25, -0.2) is 4.79 Å². The first-order valence-corrected chi connectivity index (χ1v) is 5.44. The van der Waals surface area contributed by atoms with E-state index in [1.165, 1.54) is 14.0 Å². The molecule has 17 heavy (non-hydrogen) atoms. The molecule has 0 radical (unpaired) electrons. The summed E-state index contributed by atoms with van der Waals surface area (Å²) in [4.78, 5) is 22.6. The summed E-state index contributed by atoms with van der Waals surface area (Å²) in [5.74, 6) is -0.669. The second-order valence-corrected chi connectivity index (χ2v) is 3.91. The first-order valence-electron chi connectivity index (χ1n) is 5.44. The Bertz CT molecular complexity index is 415. The zero-order valence-corrected chi connectivity index (χ0v) is 10.3. The Kier molecular flexibility index (Phi) is 4.69. The molecule has 0 saturated heterocycles. The molecule has 92 valence electrons. The monoisotopic (exact) mass is 235 g/mol. The van der Waals surface area contributed by atoms with Crippen molar-refractivity contribution < 1.29 is 14.3 Å². The van der Waals surface area contributed by atoms with Crippen LogP contribution < -0.4 is 5.32 Å². The van der Waals surface area contributed by atoms with E-state index in [1.54, 1.807) is 0 Å². The highest BCUT2D eigenvalue weighted by Gasteiger charge is 2.20. The fraction of sp³-hybridized carbons (Fsp3) is 0.385. The third-order valence-electron chi connectivity index (χ3n) is 2.55. The summed E-state index contributed by atoms with van der Waals surface area (Å²) in [6.45, 7) is 3.35. The molecule has 1 aromatic rings. The van der Waals surface area contributed by atoms with Crippen molar-refractivity contribution in [3.05, 3.63) is 35.4 Å². The molecule has 0 saturated carbocycles. The summed E-state index contributed by atoms with van der Waals surface area (Å²) in [7, 11) is 1.31. The highest BCUT2D eigenvalue weighted by molar-refractivity contribution is 5.83. The van der Waals surface area contributed by atoms with E-state index in [1.807, 2.05) is 31.2 Å². The predicted molar refractivity (Wildman–Crippen MR) is 64.5 cm³/mol. The van der Waals surface area contributed by atoms with E-state index in [2.05, 4.69) is 10.1 Å². The quantitative estimate of drug-likeness (QED) is 0.798. The van der Waals surface area contributed by atoms with Gasteiger partial charge < -0.3 is 10.1 Å². The molecular weight excluding hydrogens is 218 g/mol. The summed E-state index contributed by atoms with van der Waals surface area (Å²) >= 11 is 0. The van der Waals surface area contributed by atoms with Gasteiger partial charge in [-0.3, -0.25) is 4.79 Å². The van der Waals surface area contributed by atoms with Crippen LogP contribution in [0.2, 0.25) is 0 Å². The molecule has 1 amide bonds. The molecule has 1 atom stereocenters. The van der Waals surface area contributed by atoms with Crippen molar-refractivity contribution in [3.8, 4) is 0 Å². The lowest BCUT2D eigenvalue weighted by molar-refractivity contribution is -0.144. The number of nitrogens with one attached hydrogen (secondary N) is 1. The molecule has 1 N–H and O–H groups in total. The van der Waals surface area contributed by atoms with Gasteiger partial charge in [0, 0.05) is 13.3 Å². The number of hydrogen-bond acceptors (Lipinski definition) is 3. The molecule has 4 heteroatoms. The minimum atomic E-state index is -0.626. The van der Waals surface area contributed by atoms with Gasteiger partial charge >= 0.3 is 5.97 Å². The Labute approximate surface area is 101 Å². The molecule has 0 aliphatic rings. The molecule has 0 unspecified atom stereocenters. The van der Waals surface area contributed by atoms with Crippen molar-refractivity contribution in [2.75, 3.05) is 7.11 Å². The van der Waals surface area contributed by atoms with Crippen LogP contribution in [0.25, 0.3) is 0 Å². The van der Waals surface area contributed by atoms with Crippen LogP contribution in [-0.4, -0.2) is 25.0 Å². The molecule has 0 aliphatic carbocycles. The van der Waals surface area contributed by atoms with Crippen molar-refractivity contribution in [2.45, 2.75) is 26.3 Å². The lowest BCUT2D eigenvalue weighted by Crippen LogP contribution is -2.42. The summed E-state index contributed by atoms with van der Waals surface area (Å²) < 4.78 is 4.67. The van der Waals surface area contributed by atoms with Gasteiger partial charge in [-0.1, -0.05) is 24.3 Å². The zero-order valence-electron chi connectivity index (χ0n) is 10.3. The molecule has 1 aromatic carbocycles. The Morgan fingerprint density at radius 2 is 2.00 bits per heavy atom. The van der Waals surface area contributed by atoms with Crippen LogP contribution in [-0.2, 0) is 20.7 Å². The van der Waals surface area contributed by atoms with Gasteiger partial charge in [0.1, 0.15) is 6.04 Å². The topological polar surface area (TPSA) is 55.4 Å². The van der Waals surface area contributed by atoms with Crippen molar-refractivity contribution in [1.82, 2.24) is 5.32 Å². The second-order valence-electron chi connectivity index (χ2n) is 3.91. The van der Waals surface area contributed by atoms with E-state index in [-0.39, 0.29) is 5.91 Å². The number of amides is 1. The minimum absolute atomic E-state index is 0.242. The predicted octanol–water partition coefficient (Wildman–Crippen LogP) is 1.22. The summed E-state index contributed by atoms with van der Waals surface area (Å²) in [6, 6.07) is 7.12. The van der Waals surface area contributed by atoms with Crippen LogP contribution in [0, 0.1) is 6.92 Å². The molecule has 0 spiro atoms. The van der Waals surface area contributed by atoms with E-state index < -0.39 is 12.0 Å². The Hall–Kier alpha value is -1.84. The number of rotatable bonds is 4. The minimum Gasteiger partial charge on any atom is -0.467 e. The van der Waals surface area contributed by atoms with Gasteiger partial charge in [-0.15, -0.1) is 0 Å². The van der Waals surface area contributed by atoms with Crippen molar-refractivity contribution in [1.29, 1.82) is 0 Å². The Morgan fingerprint density at radius 1 is 1.35 bits per heavy atom. The number of ether oxygens (including phenoxy) is 1. The van der Waals surface area contributed by atoms with Crippen LogP contribution in [0.1, 0.15) is 18.1 Å². The van der Waals surface area contributed by atoms with Crippen molar-refractivity contribution in [2.24, 2.45) is 0 Å². The van der Waals surface area contributed by atoms with Gasteiger partial charge in [-0.2, -0.15) is 0 Å². The van der Waals surface area contributed by atoms with Crippen molar-refractivity contribution in [3.63, 3.8) is 0 Å². The second kappa shape index (κ2) is 6.03. The molecule has 0 fully saturated rings. The Balaban J connectivity index is 2.82. The van der Waals surface area contributed by atoms with Gasteiger partial charge in [0.2, 0.25) is 5.91 Å². The SMILES string of the molecule is COC(=O)[C@@H](Cc1ccccc1C)NC(C)=O. The number of esters is 1. The standard InChI is InChI=1S/C13H17NO3/c1-9-6-4-5-7-11(9)8-12(13(16)17-3)14-10(2)15/h4-7,12H,8H2,1-3H3,(H,14,15)/t12-/m1/s1. The van der Waals surface area contributed by atoms with Gasteiger partial charge in [-0.05, 0) is 18.1 Å². The van der Waals surface area contributed by atoms with E-state index in [0.717, 1.165) is 11.1 Å². The summed E-state index contributed by atoms with van der Waals surface area (Å²) in [5.41, 5.74) is 2.11. The summed E-state index contributed by atoms with van der Waals surface area (Å²) in [6.07, 6.45) is 0.443. The molecule has 1 rings (SSSR count). The normalized spacial score (nSPS) is 11.7. The van der Waals surface area contributed by atoms with Crippen molar-refractivity contribution >= 4 is 11.9 Å². The number of benzene rings is 1. The maximum absolute atomic E-state index is 11.5. The van der Waals surface area contributed by atoms with Gasteiger partial charge in [0.25, 0.3) is 0 Å². The highest BCUT2D eigenvalue weighted by Crippen LogP contribution is 2.10. The maximum Gasteiger partial charge on any atom is 0.328 e. The molecule has 0 bridgehead atoms. The van der Waals surface area contributed by atoms with Gasteiger partial charge in [0.15, 0.2) is 0 Å². The summed E-state index contributed by atoms with van der Waals surface area (Å²) in [5, 5.41) is 2.59. The van der Waals surface area contributed by atoms with E-state index in [0.29, 0.717) is 6.42 Å². The number of methoxy groups -OCH3 is 1. The van der Waals surface area contributed by atoms with Crippen LogP contribution in [0.3, 0.4) is 0 Å². The fourth-order valence-electron chi connectivity index (χ4n) is 1.64. The lowest BCUT2D eigenvalue weighted by atomic mass is 10.0. The average Bonchev–Trinajstić information content (AvgIpc) is 2.29. The van der Waals surface area contributed by atoms with E-state index in [9.17, 15) is 9.59 Å². The first-order chi connectivity index (χ1) is 8.04. The first kappa shape index (κ1) is 13.2. The number of hydrogen-bond donors (Lipinski definition) is 1.